The molecule has 0 fully saturated rings. The van der Waals surface area contributed by atoms with Gasteiger partial charge in [0.25, 0.3) is 0 Å². The van der Waals surface area contributed by atoms with Gasteiger partial charge >= 0.3 is 0 Å². The molecule has 0 N–H and O–H groups in total. The molecule has 4 aromatic rings. The van der Waals surface area contributed by atoms with Gasteiger partial charge in [0.2, 0.25) is 0 Å². The van der Waals surface area contributed by atoms with Crippen molar-refractivity contribution in [3.05, 3.63) is 111 Å². The molecule has 0 spiro atoms. The third-order valence-corrected chi connectivity index (χ3v) is 8.56. The van der Waals surface area contributed by atoms with Crippen molar-refractivity contribution in [1.29, 1.82) is 0 Å². The topological polar surface area (TPSA) is 46.2 Å². The molecule has 0 amide bonds. The quantitative estimate of drug-likeness (QED) is 0.203. The Morgan fingerprint density at radius 3 is 1.15 bits per heavy atom. The largest absolute Gasteiger partial charge is 0.497 e. The first-order valence-electron chi connectivity index (χ1n) is 17.9. The van der Waals surface area contributed by atoms with E-state index in [-0.39, 0.29) is 27.5 Å². The molecule has 0 saturated carbocycles. The van der Waals surface area contributed by atoms with Crippen LogP contribution in [-0.2, 0) is 21.7 Å². The van der Waals surface area contributed by atoms with Crippen molar-refractivity contribution >= 4 is 11.6 Å². The Labute approximate surface area is 326 Å². The van der Waals surface area contributed by atoms with Crippen molar-refractivity contribution < 1.29 is 28.1 Å². The predicted molar refractivity (Wildman–Crippen MR) is 223 cm³/mol. The summed E-state index contributed by atoms with van der Waals surface area (Å²) < 4.78 is 39.1. The van der Waals surface area contributed by atoms with Gasteiger partial charge < -0.3 is 23.7 Å². The lowest BCUT2D eigenvalue weighted by atomic mass is 9.86. The minimum absolute atomic E-state index is 0.0148. The van der Waals surface area contributed by atoms with Gasteiger partial charge in [0.15, 0.2) is 0 Å². The molecule has 5 nitrogen and oxygen atoms in total. The Morgan fingerprint density at radius 1 is 0.415 bits per heavy atom. The van der Waals surface area contributed by atoms with Gasteiger partial charge in [-0.25, -0.2) is 4.39 Å². The Hall–Kier alpha value is -3.90. The van der Waals surface area contributed by atoms with Gasteiger partial charge in [-0.2, -0.15) is 0 Å². The maximum Gasteiger partial charge on any atom is 0.126 e. The first kappa shape index (κ1) is 47.1. The molecule has 0 heterocycles. The van der Waals surface area contributed by atoms with E-state index in [0.717, 1.165) is 28.6 Å². The van der Waals surface area contributed by atoms with Gasteiger partial charge in [-0.15, -0.1) is 0 Å². The van der Waals surface area contributed by atoms with Gasteiger partial charge in [-0.05, 0) is 86.7 Å². The summed E-state index contributed by atoms with van der Waals surface area (Å²) in [5.41, 5.74) is 6.23. The molecule has 4 rings (SSSR count). The number of hydrogen-bond donors (Lipinski definition) is 0. The van der Waals surface area contributed by atoms with E-state index in [4.69, 9.17) is 35.3 Å². The number of ether oxygens (including phenoxy) is 5. The second kappa shape index (κ2) is 20.0. The second-order valence-corrected chi connectivity index (χ2v) is 17.4. The van der Waals surface area contributed by atoms with Crippen molar-refractivity contribution in [2.24, 2.45) is 0 Å². The van der Waals surface area contributed by atoms with Crippen molar-refractivity contribution in [2.45, 2.75) is 112 Å². The normalized spacial score (nSPS) is 11.4. The van der Waals surface area contributed by atoms with E-state index in [0.29, 0.717) is 10.8 Å². The fourth-order valence-electron chi connectivity index (χ4n) is 5.41. The van der Waals surface area contributed by atoms with Crippen LogP contribution in [0.4, 0.5) is 4.39 Å². The Bertz CT molecular complexity index is 1570. The molecule has 0 aliphatic heterocycles. The monoisotopic (exact) mass is 752 g/mol. The Balaban J connectivity index is 0.000000354. The minimum Gasteiger partial charge on any atom is -0.497 e. The molecule has 0 atom stereocenters. The summed E-state index contributed by atoms with van der Waals surface area (Å²) in [4.78, 5) is 0. The van der Waals surface area contributed by atoms with Crippen LogP contribution in [0.1, 0.15) is 111 Å². The van der Waals surface area contributed by atoms with Gasteiger partial charge in [-0.3, -0.25) is 0 Å². The number of methoxy groups -OCH3 is 5. The zero-order valence-electron chi connectivity index (χ0n) is 35.7. The van der Waals surface area contributed by atoms with Crippen LogP contribution in [0.15, 0.2) is 72.8 Å². The Morgan fingerprint density at radius 2 is 0.755 bits per heavy atom. The SMILES string of the molecule is COc1cc(C)ccc1C(C)(C)C.COc1cc(Cl)ccc1C(C)(C)C.COc1cc(F)ccc1C(C)(C)C.COc1ccc(C(C)(C)C)c(OC)c1. The van der Waals surface area contributed by atoms with E-state index in [1.54, 1.807) is 41.6 Å². The summed E-state index contributed by atoms with van der Waals surface area (Å²) in [6.45, 7) is 27.8. The molecule has 0 bridgehead atoms. The highest BCUT2D eigenvalue weighted by Gasteiger charge is 2.21. The molecule has 7 heteroatoms. The summed E-state index contributed by atoms with van der Waals surface area (Å²) in [5, 5.41) is 0.713. The summed E-state index contributed by atoms with van der Waals surface area (Å²) in [6, 6.07) is 22.7. The number of halogens is 2. The first-order chi connectivity index (χ1) is 24.3. The van der Waals surface area contributed by atoms with Crippen molar-refractivity contribution in [3.63, 3.8) is 0 Å². The van der Waals surface area contributed by atoms with E-state index in [1.807, 2.05) is 30.3 Å². The van der Waals surface area contributed by atoms with E-state index in [1.165, 1.54) is 34.4 Å². The number of aryl methyl sites for hydroxylation is 1. The van der Waals surface area contributed by atoms with Crippen LogP contribution in [-0.4, -0.2) is 35.5 Å². The number of benzene rings is 4. The molecule has 0 aliphatic carbocycles. The lowest BCUT2D eigenvalue weighted by Gasteiger charge is -2.22. The van der Waals surface area contributed by atoms with Crippen molar-refractivity contribution in [1.82, 2.24) is 0 Å². The molecule has 0 aliphatic rings. The zero-order valence-corrected chi connectivity index (χ0v) is 36.5. The summed E-state index contributed by atoms with van der Waals surface area (Å²) in [6.07, 6.45) is 0. The van der Waals surface area contributed by atoms with E-state index < -0.39 is 0 Å². The standard InChI is InChI=1S/C12H18O2.C12H18O.C11H15ClO.C11H15FO/c1-12(2,3)10-7-6-9(13-4)8-11(10)14-5;1-9-6-7-10(12(2,3)4)11(8-9)13-5;2*1-11(2,3)9-6-5-8(12)7-10(9)13-4/h6-8H,1-5H3;6-8H,1-5H3;2*5-7H,1-4H3. The van der Waals surface area contributed by atoms with Crippen LogP contribution < -0.4 is 23.7 Å². The van der Waals surface area contributed by atoms with Crippen LogP contribution in [0.2, 0.25) is 5.02 Å². The van der Waals surface area contributed by atoms with Crippen LogP contribution >= 0.6 is 11.6 Å². The van der Waals surface area contributed by atoms with Gasteiger partial charge in [0.05, 0.1) is 35.5 Å². The third-order valence-electron chi connectivity index (χ3n) is 8.32. The lowest BCUT2D eigenvalue weighted by Crippen LogP contribution is -2.12. The molecule has 0 saturated heterocycles. The Kier molecular flexibility index (Phi) is 17.8. The maximum atomic E-state index is 12.8. The summed E-state index contributed by atoms with van der Waals surface area (Å²) >= 11 is 5.87. The van der Waals surface area contributed by atoms with E-state index >= 15 is 0 Å². The van der Waals surface area contributed by atoms with E-state index in [2.05, 4.69) is 114 Å². The van der Waals surface area contributed by atoms with Crippen LogP contribution in [0.5, 0.6) is 28.7 Å². The molecule has 0 radical (unpaired) electrons. The van der Waals surface area contributed by atoms with Crippen molar-refractivity contribution in [2.75, 3.05) is 35.5 Å². The number of rotatable bonds is 5. The fourth-order valence-corrected chi connectivity index (χ4v) is 5.57. The molecule has 294 valence electrons. The lowest BCUT2D eigenvalue weighted by molar-refractivity contribution is 0.383. The van der Waals surface area contributed by atoms with Gasteiger partial charge in [-0.1, -0.05) is 125 Å². The van der Waals surface area contributed by atoms with Gasteiger partial charge in [0.1, 0.15) is 34.6 Å². The van der Waals surface area contributed by atoms with E-state index in [9.17, 15) is 4.39 Å². The van der Waals surface area contributed by atoms with Crippen LogP contribution in [0.25, 0.3) is 0 Å². The molecule has 53 heavy (non-hydrogen) atoms. The molecule has 0 aromatic heterocycles. The molecular weight excluding hydrogens is 687 g/mol. The fraction of sp³-hybridized carbons (Fsp3) is 0.478. The predicted octanol–water partition coefficient (Wildman–Crippen LogP) is 13.1. The highest BCUT2D eigenvalue weighted by atomic mass is 35.5. The highest BCUT2D eigenvalue weighted by molar-refractivity contribution is 6.30. The molecular formula is C46H66ClFO5. The van der Waals surface area contributed by atoms with Crippen molar-refractivity contribution in [3.8, 4) is 28.7 Å². The molecule has 0 unspecified atom stereocenters. The second-order valence-electron chi connectivity index (χ2n) is 17.0. The average molecular weight is 753 g/mol. The summed E-state index contributed by atoms with van der Waals surface area (Å²) in [7, 11) is 8.30. The minimum atomic E-state index is -0.259. The summed E-state index contributed by atoms with van der Waals surface area (Å²) in [5.74, 6) is 3.93. The highest BCUT2D eigenvalue weighted by Crippen LogP contribution is 2.35. The number of hydrogen-bond acceptors (Lipinski definition) is 5. The van der Waals surface area contributed by atoms with Gasteiger partial charge in [0, 0.05) is 17.2 Å². The first-order valence-corrected chi connectivity index (χ1v) is 18.3. The smallest absolute Gasteiger partial charge is 0.126 e. The van der Waals surface area contributed by atoms with Crippen LogP contribution in [0, 0.1) is 12.7 Å². The third kappa shape index (κ3) is 15.2. The maximum absolute atomic E-state index is 12.8. The average Bonchev–Trinajstić information content (AvgIpc) is 3.06. The van der Waals surface area contributed by atoms with Crippen LogP contribution in [0.3, 0.4) is 0 Å². The molecule has 4 aromatic carbocycles. The zero-order chi connectivity index (χ0) is 40.9.